The van der Waals surface area contributed by atoms with Crippen molar-refractivity contribution < 1.29 is 9.53 Å². The minimum Gasteiger partial charge on any atom is -0.491 e. The summed E-state index contributed by atoms with van der Waals surface area (Å²) in [5, 5.41) is 2.90. The van der Waals surface area contributed by atoms with Gasteiger partial charge in [0.2, 0.25) is 5.91 Å². The first-order chi connectivity index (χ1) is 9.15. The molecule has 1 heterocycles. The lowest BCUT2D eigenvalue weighted by Gasteiger charge is -2.25. The Morgan fingerprint density at radius 1 is 1.58 bits per heavy atom. The van der Waals surface area contributed by atoms with Gasteiger partial charge in [0.1, 0.15) is 12.4 Å². The SMILES string of the molecule is CC(=O)NC1=C(OCc2cccnc2)CC[C@H](C)C1. The Kier molecular flexibility index (Phi) is 4.55. The van der Waals surface area contributed by atoms with Crippen LogP contribution >= 0.6 is 0 Å². The zero-order valence-electron chi connectivity index (χ0n) is 11.5. The maximum Gasteiger partial charge on any atom is 0.221 e. The van der Waals surface area contributed by atoms with Gasteiger partial charge in [-0.15, -0.1) is 0 Å². The topological polar surface area (TPSA) is 51.2 Å². The number of allylic oxidation sites excluding steroid dienone is 2. The number of carbonyl (C=O) groups is 1. The van der Waals surface area contributed by atoms with Crippen LogP contribution in [0.15, 0.2) is 36.0 Å². The molecule has 19 heavy (non-hydrogen) atoms. The second-order valence-electron chi connectivity index (χ2n) is 5.08. The number of hydrogen-bond donors (Lipinski definition) is 1. The summed E-state index contributed by atoms with van der Waals surface area (Å²) in [5.41, 5.74) is 1.98. The van der Waals surface area contributed by atoms with Crippen LogP contribution < -0.4 is 5.32 Å². The van der Waals surface area contributed by atoms with Crippen LogP contribution in [0.25, 0.3) is 0 Å². The number of carbonyl (C=O) groups excluding carboxylic acids is 1. The number of ether oxygens (including phenoxy) is 1. The van der Waals surface area contributed by atoms with Gasteiger partial charge < -0.3 is 10.1 Å². The van der Waals surface area contributed by atoms with Crippen LogP contribution in [-0.2, 0) is 16.1 Å². The van der Waals surface area contributed by atoms with Crippen molar-refractivity contribution >= 4 is 5.91 Å². The van der Waals surface area contributed by atoms with E-state index >= 15 is 0 Å². The average Bonchev–Trinajstić information content (AvgIpc) is 2.38. The summed E-state index contributed by atoms with van der Waals surface area (Å²) in [7, 11) is 0. The van der Waals surface area contributed by atoms with Crippen molar-refractivity contribution in [2.45, 2.75) is 39.7 Å². The zero-order valence-corrected chi connectivity index (χ0v) is 11.5. The Bertz CT molecular complexity index is 468. The third-order valence-corrected chi connectivity index (χ3v) is 3.22. The van der Waals surface area contributed by atoms with Crippen molar-refractivity contribution in [2.75, 3.05) is 0 Å². The third kappa shape index (κ3) is 4.09. The molecule has 1 aliphatic rings. The highest BCUT2D eigenvalue weighted by atomic mass is 16.5. The molecule has 1 aromatic rings. The highest BCUT2D eigenvalue weighted by Gasteiger charge is 2.20. The van der Waals surface area contributed by atoms with Crippen LogP contribution in [0.3, 0.4) is 0 Å². The normalized spacial score (nSPS) is 19.2. The lowest BCUT2D eigenvalue weighted by Crippen LogP contribution is -2.25. The molecule has 0 radical (unpaired) electrons. The largest absolute Gasteiger partial charge is 0.491 e. The van der Waals surface area contributed by atoms with Gasteiger partial charge in [0.15, 0.2) is 0 Å². The average molecular weight is 260 g/mol. The van der Waals surface area contributed by atoms with E-state index in [-0.39, 0.29) is 5.91 Å². The first-order valence-electron chi connectivity index (χ1n) is 6.66. The van der Waals surface area contributed by atoms with E-state index in [9.17, 15) is 4.79 Å². The molecule has 1 N–H and O–H groups in total. The van der Waals surface area contributed by atoms with Gasteiger partial charge in [-0.1, -0.05) is 13.0 Å². The summed E-state index contributed by atoms with van der Waals surface area (Å²) in [4.78, 5) is 15.3. The molecular weight excluding hydrogens is 240 g/mol. The number of pyridine rings is 1. The molecule has 0 spiro atoms. The van der Waals surface area contributed by atoms with E-state index in [2.05, 4.69) is 17.2 Å². The van der Waals surface area contributed by atoms with Crippen LogP contribution in [0.1, 0.15) is 38.7 Å². The number of rotatable bonds is 4. The lowest BCUT2D eigenvalue weighted by molar-refractivity contribution is -0.118. The molecule has 0 saturated heterocycles. The van der Waals surface area contributed by atoms with Gasteiger partial charge in [-0.3, -0.25) is 9.78 Å². The van der Waals surface area contributed by atoms with E-state index in [0.717, 1.165) is 36.3 Å². The second kappa shape index (κ2) is 6.36. The Balaban J connectivity index is 2.04. The van der Waals surface area contributed by atoms with Gasteiger partial charge in [0.05, 0.1) is 5.70 Å². The van der Waals surface area contributed by atoms with E-state index in [0.29, 0.717) is 12.5 Å². The van der Waals surface area contributed by atoms with Crippen molar-refractivity contribution in [3.8, 4) is 0 Å². The van der Waals surface area contributed by atoms with E-state index in [1.165, 1.54) is 6.92 Å². The van der Waals surface area contributed by atoms with Gasteiger partial charge in [-0.2, -0.15) is 0 Å². The smallest absolute Gasteiger partial charge is 0.221 e. The molecule has 0 unspecified atom stereocenters. The number of amides is 1. The molecule has 1 aromatic heterocycles. The van der Waals surface area contributed by atoms with Crippen LogP contribution in [0, 0.1) is 5.92 Å². The highest BCUT2D eigenvalue weighted by Crippen LogP contribution is 2.28. The fourth-order valence-electron chi connectivity index (χ4n) is 2.24. The third-order valence-electron chi connectivity index (χ3n) is 3.22. The second-order valence-corrected chi connectivity index (χ2v) is 5.08. The molecular formula is C15H20N2O2. The first kappa shape index (κ1) is 13.6. The quantitative estimate of drug-likeness (QED) is 0.905. The number of nitrogens with one attached hydrogen (secondary N) is 1. The summed E-state index contributed by atoms with van der Waals surface area (Å²) in [6.45, 7) is 4.23. The summed E-state index contributed by atoms with van der Waals surface area (Å²) in [5.74, 6) is 1.47. The maximum atomic E-state index is 11.2. The molecule has 1 amide bonds. The van der Waals surface area contributed by atoms with Crippen molar-refractivity contribution in [3.05, 3.63) is 41.5 Å². The van der Waals surface area contributed by atoms with Crippen LogP contribution in [-0.4, -0.2) is 10.9 Å². The number of aromatic nitrogens is 1. The molecule has 0 saturated carbocycles. The molecule has 0 aromatic carbocycles. The standard InChI is InChI=1S/C15H20N2O2/c1-11-5-6-15(14(8-11)17-12(2)18)19-10-13-4-3-7-16-9-13/h3-4,7,9,11H,5-6,8,10H2,1-2H3,(H,17,18)/t11-/m0/s1. The molecule has 1 aliphatic carbocycles. The van der Waals surface area contributed by atoms with Gasteiger partial charge in [-0.25, -0.2) is 0 Å². The summed E-state index contributed by atoms with van der Waals surface area (Å²) in [6, 6.07) is 3.88. The van der Waals surface area contributed by atoms with Crippen molar-refractivity contribution in [1.82, 2.24) is 10.3 Å². The molecule has 2 rings (SSSR count). The van der Waals surface area contributed by atoms with Crippen molar-refractivity contribution in [3.63, 3.8) is 0 Å². The first-order valence-corrected chi connectivity index (χ1v) is 6.66. The van der Waals surface area contributed by atoms with E-state index in [4.69, 9.17) is 4.74 Å². The monoisotopic (exact) mass is 260 g/mol. The summed E-state index contributed by atoms with van der Waals surface area (Å²) in [6.07, 6.45) is 6.41. The lowest BCUT2D eigenvalue weighted by atomic mass is 9.92. The fraction of sp³-hybridized carbons (Fsp3) is 0.467. The van der Waals surface area contributed by atoms with E-state index in [1.54, 1.807) is 12.4 Å². The minimum atomic E-state index is -0.0356. The van der Waals surface area contributed by atoms with Crippen LogP contribution in [0.5, 0.6) is 0 Å². The Morgan fingerprint density at radius 2 is 2.42 bits per heavy atom. The molecule has 0 fully saturated rings. The van der Waals surface area contributed by atoms with Crippen LogP contribution in [0.2, 0.25) is 0 Å². The molecule has 102 valence electrons. The van der Waals surface area contributed by atoms with Gasteiger partial charge in [0.25, 0.3) is 0 Å². The highest BCUT2D eigenvalue weighted by molar-refractivity contribution is 5.75. The minimum absolute atomic E-state index is 0.0356. The predicted octanol–water partition coefficient (Wildman–Crippen LogP) is 2.77. The summed E-state index contributed by atoms with van der Waals surface area (Å²) >= 11 is 0. The molecule has 0 aliphatic heterocycles. The summed E-state index contributed by atoms with van der Waals surface area (Å²) < 4.78 is 5.86. The molecule has 4 heteroatoms. The fourth-order valence-corrected chi connectivity index (χ4v) is 2.24. The molecule has 4 nitrogen and oxygen atoms in total. The van der Waals surface area contributed by atoms with E-state index < -0.39 is 0 Å². The maximum absolute atomic E-state index is 11.2. The van der Waals surface area contributed by atoms with Gasteiger partial charge in [-0.05, 0) is 24.8 Å². The van der Waals surface area contributed by atoms with Crippen LogP contribution in [0.4, 0.5) is 0 Å². The van der Waals surface area contributed by atoms with Crippen molar-refractivity contribution in [1.29, 1.82) is 0 Å². The zero-order chi connectivity index (χ0) is 13.7. The number of nitrogens with zero attached hydrogens (tertiary/aromatic N) is 1. The van der Waals surface area contributed by atoms with Crippen molar-refractivity contribution in [2.24, 2.45) is 5.92 Å². The van der Waals surface area contributed by atoms with Gasteiger partial charge in [0, 0.05) is 31.3 Å². The van der Waals surface area contributed by atoms with Gasteiger partial charge >= 0.3 is 0 Å². The molecule has 1 atom stereocenters. The van der Waals surface area contributed by atoms with E-state index in [1.807, 2.05) is 12.1 Å². The Labute approximate surface area is 113 Å². The Hall–Kier alpha value is -1.84. The predicted molar refractivity (Wildman–Crippen MR) is 72.9 cm³/mol. The molecule has 0 bridgehead atoms. The Morgan fingerprint density at radius 3 is 3.11 bits per heavy atom. The number of hydrogen-bond acceptors (Lipinski definition) is 3.